The Balaban J connectivity index is 1.28. The molecule has 2 bridgehead atoms. The predicted molar refractivity (Wildman–Crippen MR) is 127 cm³/mol. The zero-order chi connectivity index (χ0) is 21.7. The molecular weight excluding hydrogens is 466 g/mol. The number of carbonyl (C=O) groups is 1. The molecule has 1 saturated carbocycles. The molecule has 1 aromatic carbocycles. The van der Waals surface area contributed by atoms with E-state index >= 15 is 0 Å². The van der Waals surface area contributed by atoms with Gasteiger partial charge in [-0.1, -0.05) is 40.9 Å². The number of imidazole rings is 1. The summed E-state index contributed by atoms with van der Waals surface area (Å²) in [5.74, 6) is 1.43. The van der Waals surface area contributed by atoms with Gasteiger partial charge in [0.1, 0.15) is 0 Å². The van der Waals surface area contributed by atoms with Crippen molar-refractivity contribution >= 4 is 27.6 Å². The zero-order valence-corrected chi connectivity index (χ0v) is 19.7. The van der Waals surface area contributed by atoms with E-state index in [1.807, 2.05) is 6.07 Å². The molecule has 0 N–H and O–H groups in total. The molecule has 0 radical (unpaired) electrons. The van der Waals surface area contributed by atoms with E-state index in [-0.39, 0.29) is 5.92 Å². The van der Waals surface area contributed by atoms with Gasteiger partial charge in [-0.15, -0.1) is 0 Å². The van der Waals surface area contributed by atoms with Crippen molar-refractivity contribution in [2.75, 3.05) is 13.1 Å². The number of aromatic nitrogens is 3. The fourth-order valence-electron chi connectivity index (χ4n) is 5.90. The molecule has 4 fully saturated rings. The minimum absolute atomic E-state index is 0.275. The SMILES string of the molecule is O=C(C1CCCC1)N1CC2CCC1CN2Cc1c(-c2ccc(Br)cc2)nc2ncccn12. The molecule has 0 spiro atoms. The number of rotatable bonds is 4. The lowest BCUT2D eigenvalue weighted by molar-refractivity contribution is -0.146. The fraction of sp³-hybridized carbons (Fsp3) is 0.480. The number of fused-ring (bicyclic) bond motifs is 4. The second-order valence-corrected chi connectivity index (χ2v) is 10.4. The monoisotopic (exact) mass is 493 g/mol. The van der Waals surface area contributed by atoms with E-state index in [0.717, 1.165) is 60.4 Å². The zero-order valence-electron chi connectivity index (χ0n) is 18.2. The molecule has 2 atom stereocenters. The Morgan fingerprint density at radius 1 is 1.03 bits per heavy atom. The van der Waals surface area contributed by atoms with Crippen LogP contribution in [0.25, 0.3) is 17.0 Å². The summed E-state index contributed by atoms with van der Waals surface area (Å²) in [6.07, 6.45) is 10.8. The standard InChI is InChI=1S/C25H28BrN5O/c26-19-8-6-17(7-9-19)23-22(30-13-3-12-27-25(30)28-23)16-29-14-21-11-10-20(29)15-31(21)24(32)18-4-1-2-5-18/h3,6-9,12-13,18,20-21H,1-2,4-5,10-11,14-16H2. The van der Waals surface area contributed by atoms with Gasteiger partial charge in [-0.25, -0.2) is 9.97 Å². The minimum Gasteiger partial charge on any atom is -0.337 e. The van der Waals surface area contributed by atoms with E-state index < -0.39 is 0 Å². The van der Waals surface area contributed by atoms with E-state index in [9.17, 15) is 4.79 Å². The topological polar surface area (TPSA) is 53.7 Å². The van der Waals surface area contributed by atoms with Crippen molar-refractivity contribution in [3.63, 3.8) is 0 Å². The summed E-state index contributed by atoms with van der Waals surface area (Å²) in [5, 5.41) is 0. The summed E-state index contributed by atoms with van der Waals surface area (Å²) in [5.41, 5.74) is 3.28. The molecule has 7 heteroatoms. The first-order valence-electron chi connectivity index (χ1n) is 11.8. The van der Waals surface area contributed by atoms with Crippen molar-refractivity contribution in [3.8, 4) is 11.3 Å². The van der Waals surface area contributed by atoms with E-state index in [1.54, 1.807) is 6.20 Å². The highest BCUT2D eigenvalue weighted by Crippen LogP contribution is 2.35. The van der Waals surface area contributed by atoms with Crippen LogP contribution in [0.4, 0.5) is 0 Å². The normalized spacial score (nSPS) is 24.0. The smallest absolute Gasteiger partial charge is 0.234 e. The number of hydrogen-bond acceptors (Lipinski definition) is 4. The highest BCUT2D eigenvalue weighted by Gasteiger charge is 2.43. The average Bonchev–Trinajstić information content (AvgIpc) is 3.49. The molecule has 32 heavy (non-hydrogen) atoms. The summed E-state index contributed by atoms with van der Waals surface area (Å²) in [7, 11) is 0. The molecule has 2 aromatic heterocycles. The average molecular weight is 494 g/mol. The Morgan fingerprint density at radius 2 is 1.81 bits per heavy atom. The van der Waals surface area contributed by atoms with Crippen LogP contribution in [0.3, 0.4) is 0 Å². The van der Waals surface area contributed by atoms with Gasteiger partial charge in [0.15, 0.2) is 0 Å². The Morgan fingerprint density at radius 3 is 2.56 bits per heavy atom. The molecular formula is C25H28BrN5O. The van der Waals surface area contributed by atoms with E-state index in [4.69, 9.17) is 4.98 Å². The van der Waals surface area contributed by atoms with Crippen LogP contribution in [0.2, 0.25) is 0 Å². The summed E-state index contributed by atoms with van der Waals surface area (Å²) >= 11 is 3.54. The lowest BCUT2D eigenvalue weighted by Crippen LogP contribution is -2.64. The number of nitrogens with zero attached hydrogens (tertiary/aromatic N) is 5. The third kappa shape index (κ3) is 3.55. The van der Waals surface area contributed by atoms with Gasteiger partial charge < -0.3 is 4.90 Å². The predicted octanol–water partition coefficient (Wildman–Crippen LogP) is 4.52. The lowest BCUT2D eigenvalue weighted by atomic mass is 9.89. The number of benzene rings is 1. The van der Waals surface area contributed by atoms with Crippen molar-refractivity contribution < 1.29 is 4.79 Å². The maximum atomic E-state index is 13.1. The molecule has 6 nitrogen and oxygen atoms in total. The van der Waals surface area contributed by atoms with Gasteiger partial charge in [0.05, 0.1) is 11.4 Å². The summed E-state index contributed by atoms with van der Waals surface area (Å²) < 4.78 is 3.19. The van der Waals surface area contributed by atoms with Crippen LogP contribution < -0.4 is 0 Å². The van der Waals surface area contributed by atoms with Crippen LogP contribution in [-0.2, 0) is 11.3 Å². The molecule has 1 aliphatic carbocycles. The maximum absolute atomic E-state index is 13.1. The van der Waals surface area contributed by atoms with Crippen molar-refractivity contribution in [1.29, 1.82) is 0 Å². The van der Waals surface area contributed by atoms with E-state index in [0.29, 0.717) is 18.0 Å². The van der Waals surface area contributed by atoms with Crippen LogP contribution in [-0.4, -0.2) is 55.2 Å². The summed E-state index contributed by atoms with van der Waals surface area (Å²) in [6, 6.07) is 11.1. The molecule has 7 rings (SSSR count). The van der Waals surface area contributed by atoms with Crippen molar-refractivity contribution in [2.45, 2.75) is 57.2 Å². The van der Waals surface area contributed by atoms with Crippen LogP contribution in [0.5, 0.6) is 0 Å². The molecule has 3 aromatic rings. The lowest BCUT2D eigenvalue weighted by Gasteiger charge is -2.52. The van der Waals surface area contributed by atoms with Crippen molar-refractivity contribution in [3.05, 3.63) is 52.9 Å². The third-order valence-electron chi connectivity index (χ3n) is 7.60. The Hall–Kier alpha value is -2.25. The minimum atomic E-state index is 0.275. The molecule has 5 heterocycles. The number of piperazine rings is 1. The van der Waals surface area contributed by atoms with Gasteiger partial charge in [-0.05, 0) is 43.9 Å². The number of piperidine rings is 2. The van der Waals surface area contributed by atoms with Gasteiger partial charge in [0, 0.05) is 60.1 Å². The molecule has 3 aliphatic heterocycles. The third-order valence-corrected chi connectivity index (χ3v) is 8.13. The first-order chi connectivity index (χ1) is 15.7. The largest absolute Gasteiger partial charge is 0.337 e. The second-order valence-electron chi connectivity index (χ2n) is 9.49. The number of hydrogen-bond donors (Lipinski definition) is 0. The Bertz CT molecular complexity index is 1140. The summed E-state index contributed by atoms with van der Waals surface area (Å²) in [4.78, 5) is 27.3. The second kappa shape index (κ2) is 8.27. The van der Waals surface area contributed by atoms with Crippen LogP contribution in [0.15, 0.2) is 47.2 Å². The van der Waals surface area contributed by atoms with Gasteiger partial charge in [-0.3, -0.25) is 14.1 Å². The van der Waals surface area contributed by atoms with E-state index in [2.05, 4.69) is 65.6 Å². The Kier molecular flexibility index (Phi) is 5.26. The highest BCUT2D eigenvalue weighted by molar-refractivity contribution is 9.10. The van der Waals surface area contributed by atoms with Gasteiger partial charge in [0.25, 0.3) is 0 Å². The van der Waals surface area contributed by atoms with Gasteiger partial charge >= 0.3 is 0 Å². The van der Waals surface area contributed by atoms with Gasteiger partial charge in [-0.2, -0.15) is 0 Å². The van der Waals surface area contributed by atoms with Crippen molar-refractivity contribution in [2.24, 2.45) is 5.92 Å². The number of halogens is 1. The number of amides is 1. The fourth-order valence-corrected chi connectivity index (χ4v) is 6.17. The molecule has 166 valence electrons. The first-order valence-corrected chi connectivity index (χ1v) is 12.6. The Labute approximate surface area is 196 Å². The molecule has 2 unspecified atom stereocenters. The highest BCUT2D eigenvalue weighted by atomic mass is 79.9. The maximum Gasteiger partial charge on any atom is 0.234 e. The molecule has 4 aliphatic rings. The summed E-state index contributed by atoms with van der Waals surface area (Å²) in [6.45, 7) is 2.66. The number of carbonyl (C=O) groups excluding carboxylic acids is 1. The van der Waals surface area contributed by atoms with Crippen LogP contribution in [0.1, 0.15) is 44.2 Å². The van der Waals surface area contributed by atoms with Crippen LogP contribution >= 0.6 is 15.9 Å². The molecule has 1 amide bonds. The van der Waals surface area contributed by atoms with Gasteiger partial charge in [0.2, 0.25) is 11.7 Å². The van der Waals surface area contributed by atoms with Crippen molar-refractivity contribution in [1.82, 2.24) is 24.2 Å². The first kappa shape index (κ1) is 20.4. The van der Waals surface area contributed by atoms with Crippen LogP contribution in [0, 0.1) is 5.92 Å². The quantitative estimate of drug-likeness (QED) is 0.535. The van der Waals surface area contributed by atoms with E-state index in [1.165, 1.54) is 25.0 Å². The molecule has 3 saturated heterocycles.